The molecule has 30 heavy (non-hydrogen) atoms. The molecule has 4 rings (SSSR count). The Morgan fingerprint density at radius 3 is 2.63 bits per heavy atom. The van der Waals surface area contributed by atoms with E-state index in [1.807, 2.05) is 39.0 Å². The van der Waals surface area contributed by atoms with Crippen LogP contribution in [0.4, 0.5) is 5.69 Å². The molecule has 0 spiro atoms. The minimum absolute atomic E-state index is 0.0744. The number of aryl methyl sites for hydroxylation is 1. The Morgan fingerprint density at radius 2 is 1.90 bits per heavy atom. The third kappa shape index (κ3) is 3.96. The number of fused-ring (bicyclic) bond motifs is 2. The molecule has 0 saturated heterocycles. The van der Waals surface area contributed by atoms with Gasteiger partial charge in [0.2, 0.25) is 10.0 Å². The summed E-state index contributed by atoms with van der Waals surface area (Å²) in [4.78, 5) is 13.1. The number of amides is 1. The van der Waals surface area contributed by atoms with Crippen molar-refractivity contribution in [2.45, 2.75) is 44.9 Å². The standard InChI is InChI=1S/C22H26N2O5S/c1-14-9-10-15-16(12-22(2,3)29-19(15)11-14)23-21(25)20-13-24(30(4,26)27)17-7-5-6-8-18(17)28-20/h5-11,16,20H,12-13H2,1-4H3,(H,23,25). The van der Waals surface area contributed by atoms with Crippen molar-refractivity contribution in [3.8, 4) is 11.5 Å². The van der Waals surface area contributed by atoms with Crippen LogP contribution in [0.5, 0.6) is 11.5 Å². The Bertz CT molecular complexity index is 1100. The van der Waals surface area contributed by atoms with Crippen LogP contribution in [-0.4, -0.2) is 38.8 Å². The van der Waals surface area contributed by atoms with Gasteiger partial charge in [-0.1, -0.05) is 24.3 Å². The number of benzene rings is 2. The maximum Gasteiger partial charge on any atom is 0.263 e. The van der Waals surface area contributed by atoms with Gasteiger partial charge in [0.05, 0.1) is 24.5 Å². The van der Waals surface area contributed by atoms with Crippen molar-refractivity contribution in [1.29, 1.82) is 0 Å². The lowest BCUT2D eigenvalue weighted by Crippen LogP contribution is -2.52. The molecule has 2 unspecified atom stereocenters. The van der Waals surface area contributed by atoms with E-state index in [1.54, 1.807) is 24.3 Å². The highest BCUT2D eigenvalue weighted by atomic mass is 32.2. The average molecular weight is 431 g/mol. The summed E-state index contributed by atoms with van der Waals surface area (Å²) in [6.07, 6.45) is 0.770. The number of rotatable bonds is 3. The Labute approximate surface area is 177 Å². The van der Waals surface area contributed by atoms with Crippen molar-refractivity contribution in [2.24, 2.45) is 0 Å². The smallest absolute Gasteiger partial charge is 0.263 e. The van der Waals surface area contributed by atoms with Gasteiger partial charge in [-0.15, -0.1) is 0 Å². The Hall–Kier alpha value is -2.74. The van der Waals surface area contributed by atoms with Gasteiger partial charge in [0.25, 0.3) is 5.91 Å². The number of anilines is 1. The zero-order chi connectivity index (χ0) is 21.7. The van der Waals surface area contributed by atoms with Crippen molar-refractivity contribution >= 4 is 21.6 Å². The van der Waals surface area contributed by atoms with E-state index in [2.05, 4.69) is 5.32 Å². The normalized spacial score (nSPS) is 22.2. The van der Waals surface area contributed by atoms with Gasteiger partial charge in [-0.05, 0) is 44.5 Å². The summed E-state index contributed by atoms with van der Waals surface area (Å²) in [6, 6.07) is 12.5. The molecule has 0 bridgehead atoms. The van der Waals surface area contributed by atoms with Crippen LogP contribution in [0.3, 0.4) is 0 Å². The highest BCUT2D eigenvalue weighted by molar-refractivity contribution is 7.92. The Morgan fingerprint density at radius 1 is 1.17 bits per heavy atom. The third-order valence-electron chi connectivity index (χ3n) is 5.37. The number of sulfonamides is 1. The first-order chi connectivity index (χ1) is 14.0. The van der Waals surface area contributed by atoms with Crippen LogP contribution in [0.2, 0.25) is 0 Å². The van der Waals surface area contributed by atoms with Crippen molar-refractivity contribution in [2.75, 3.05) is 17.1 Å². The highest BCUT2D eigenvalue weighted by Crippen LogP contribution is 2.40. The minimum Gasteiger partial charge on any atom is -0.487 e. The molecule has 8 heteroatoms. The lowest BCUT2D eigenvalue weighted by Gasteiger charge is -2.39. The van der Waals surface area contributed by atoms with Crippen molar-refractivity contribution < 1.29 is 22.7 Å². The Kier molecular flexibility index (Phi) is 4.92. The summed E-state index contributed by atoms with van der Waals surface area (Å²) >= 11 is 0. The zero-order valence-corrected chi connectivity index (χ0v) is 18.3. The van der Waals surface area contributed by atoms with Crippen LogP contribution < -0.4 is 19.1 Å². The van der Waals surface area contributed by atoms with Gasteiger partial charge in [0.1, 0.15) is 17.1 Å². The number of hydrogen-bond acceptors (Lipinski definition) is 5. The molecule has 2 aliphatic heterocycles. The van der Waals surface area contributed by atoms with Gasteiger partial charge in [0, 0.05) is 12.0 Å². The number of para-hydroxylation sites is 2. The predicted octanol–water partition coefficient (Wildman–Crippen LogP) is 2.94. The molecular formula is C22H26N2O5S. The van der Waals surface area contributed by atoms with Gasteiger partial charge in [-0.25, -0.2) is 8.42 Å². The monoisotopic (exact) mass is 430 g/mol. The Balaban J connectivity index is 1.60. The number of hydrogen-bond donors (Lipinski definition) is 1. The molecule has 2 aromatic rings. The molecule has 0 fully saturated rings. The summed E-state index contributed by atoms with van der Waals surface area (Å²) in [6.45, 7) is 5.88. The van der Waals surface area contributed by atoms with E-state index in [9.17, 15) is 13.2 Å². The van der Waals surface area contributed by atoms with E-state index >= 15 is 0 Å². The molecule has 2 atom stereocenters. The average Bonchev–Trinajstić information content (AvgIpc) is 2.65. The van der Waals surface area contributed by atoms with Crippen LogP contribution in [0.25, 0.3) is 0 Å². The quantitative estimate of drug-likeness (QED) is 0.809. The van der Waals surface area contributed by atoms with E-state index in [1.165, 1.54) is 4.31 Å². The van der Waals surface area contributed by atoms with E-state index in [4.69, 9.17) is 9.47 Å². The van der Waals surface area contributed by atoms with Crippen LogP contribution in [0.15, 0.2) is 42.5 Å². The molecule has 0 radical (unpaired) electrons. The fraction of sp³-hybridized carbons (Fsp3) is 0.409. The molecular weight excluding hydrogens is 404 g/mol. The van der Waals surface area contributed by atoms with Crippen LogP contribution in [-0.2, 0) is 14.8 Å². The number of nitrogens with zero attached hydrogens (tertiary/aromatic N) is 1. The molecule has 2 heterocycles. The van der Waals surface area contributed by atoms with E-state index in [0.29, 0.717) is 17.9 Å². The molecule has 2 aromatic carbocycles. The molecule has 0 aromatic heterocycles. The SMILES string of the molecule is Cc1ccc2c(c1)OC(C)(C)CC2NC(=O)C1CN(S(C)(=O)=O)c2ccccc2O1. The largest absolute Gasteiger partial charge is 0.487 e. The van der Waals surface area contributed by atoms with E-state index in [-0.39, 0.29) is 18.5 Å². The summed E-state index contributed by atoms with van der Waals surface area (Å²) < 4.78 is 37.8. The first-order valence-electron chi connectivity index (χ1n) is 9.87. The number of carbonyl (C=O) groups is 1. The molecule has 1 amide bonds. The summed E-state index contributed by atoms with van der Waals surface area (Å²) in [5.74, 6) is 0.772. The molecule has 2 aliphatic rings. The van der Waals surface area contributed by atoms with Gasteiger partial charge < -0.3 is 14.8 Å². The fourth-order valence-corrected chi connectivity index (χ4v) is 4.92. The predicted molar refractivity (Wildman–Crippen MR) is 114 cm³/mol. The van der Waals surface area contributed by atoms with Gasteiger partial charge in [0.15, 0.2) is 6.10 Å². The third-order valence-corrected chi connectivity index (χ3v) is 6.52. The summed E-state index contributed by atoms with van der Waals surface area (Å²) in [5.41, 5.74) is 1.98. The van der Waals surface area contributed by atoms with Crippen molar-refractivity contribution in [3.05, 3.63) is 53.6 Å². The topological polar surface area (TPSA) is 84.9 Å². The lowest BCUT2D eigenvalue weighted by atomic mass is 9.89. The first kappa shape index (κ1) is 20.5. The zero-order valence-electron chi connectivity index (χ0n) is 17.5. The van der Waals surface area contributed by atoms with Crippen LogP contribution in [0, 0.1) is 6.92 Å². The second kappa shape index (κ2) is 7.19. The maximum atomic E-state index is 13.1. The van der Waals surface area contributed by atoms with Crippen LogP contribution in [0.1, 0.15) is 37.4 Å². The number of nitrogens with one attached hydrogen (secondary N) is 1. The second-order valence-electron chi connectivity index (χ2n) is 8.54. The van der Waals surface area contributed by atoms with E-state index in [0.717, 1.165) is 23.1 Å². The van der Waals surface area contributed by atoms with Crippen LogP contribution >= 0.6 is 0 Å². The summed E-state index contributed by atoms with van der Waals surface area (Å²) in [5, 5.41) is 3.06. The highest BCUT2D eigenvalue weighted by Gasteiger charge is 2.39. The number of ether oxygens (including phenoxy) is 2. The fourth-order valence-electron chi connectivity index (χ4n) is 4.00. The van der Waals surface area contributed by atoms with Crippen molar-refractivity contribution in [3.63, 3.8) is 0 Å². The maximum absolute atomic E-state index is 13.1. The van der Waals surface area contributed by atoms with Gasteiger partial charge >= 0.3 is 0 Å². The molecule has 0 saturated carbocycles. The van der Waals surface area contributed by atoms with Gasteiger partial charge in [-0.3, -0.25) is 9.10 Å². The lowest BCUT2D eigenvalue weighted by molar-refractivity contribution is -0.129. The first-order valence-corrected chi connectivity index (χ1v) is 11.7. The molecule has 160 valence electrons. The minimum atomic E-state index is -3.56. The van der Waals surface area contributed by atoms with Crippen molar-refractivity contribution in [1.82, 2.24) is 5.32 Å². The molecule has 1 N–H and O–H groups in total. The van der Waals surface area contributed by atoms with E-state index < -0.39 is 21.7 Å². The van der Waals surface area contributed by atoms with Gasteiger partial charge in [-0.2, -0.15) is 0 Å². The molecule has 7 nitrogen and oxygen atoms in total. The molecule has 0 aliphatic carbocycles. The second-order valence-corrected chi connectivity index (χ2v) is 10.4. The number of carbonyl (C=O) groups excluding carboxylic acids is 1. The summed E-state index contributed by atoms with van der Waals surface area (Å²) in [7, 11) is -3.56.